The Morgan fingerprint density at radius 1 is 0.515 bits per heavy atom. The molecule has 0 saturated carbocycles. The van der Waals surface area contributed by atoms with Gasteiger partial charge in [-0.2, -0.15) is 0 Å². The van der Waals surface area contributed by atoms with Crippen LogP contribution in [0.4, 0.5) is 0 Å². The van der Waals surface area contributed by atoms with Crippen molar-refractivity contribution in [1.82, 2.24) is 4.90 Å². The quantitative estimate of drug-likeness (QED) is 0.257. The van der Waals surface area contributed by atoms with Crippen molar-refractivity contribution >= 4 is 11.1 Å². The summed E-state index contributed by atoms with van der Waals surface area (Å²) in [4.78, 5) is 2.46. The molecule has 4 rings (SSSR count). The van der Waals surface area contributed by atoms with Gasteiger partial charge in [-0.15, -0.1) is 0 Å². The van der Waals surface area contributed by atoms with E-state index in [0.717, 1.165) is 13.1 Å². The van der Waals surface area contributed by atoms with E-state index in [1.54, 1.807) is 0 Å². The van der Waals surface area contributed by atoms with Crippen molar-refractivity contribution in [3.63, 3.8) is 0 Å². The molecule has 0 aliphatic rings. The van der Waals surface area contributed by atoms with Crippen LogP contribution in [-0.4, -0.2) is 18.0 Å². The Kier molecular flexibility index (Phi) is 7.56. The van der Waals surface area contributed by atoms with Gasteiger partial charge in [-0.1, -0.05) is 121 Å². The van der Waals surface area contributed by atoms with Gasteiger partial charge in [-0.05, 0) is 47.8 Å². The Balaban J connectivity index is 2.06. The lowest BCUT2D eigenvalue weighted by atomic mass is 9.91. The van der Waals surface area contributed by atoms with E-state index in [9.17, 15) is 0 Å². The van der Waals surface area contributed by atoms with Crippen molar-refractivity contribution in [2.75, 3.05) is 13.1 Å². The molecular weight excluding hydrogens is 398 g/mol. The number of hydrogen-bond donors (Lipinski definition) is 0. The summed E-state index contributed by atoms with van der Waals surface area (Å²) < 4.78 is 0. The van der Waals surface area contributed by atoms with Crippen LogP contribution in [0.3, 0.4) is 0 Å². The molecule has 0 radical (unpaired) electrons. The number of rotatable bonds is 8. The van der Waals surface area contributed by atoms with Gasteiger partial charge in [0.05, 0.1) is 0 Å². The van der Waals surface area contributed by atoms with Crippen LogP contribution < -0.4 is 0 Å². The maximum absolute atomic E-state index is 2.46. The maximum atomic E-state index is 2.46. The maximum Gasteiger partial charge on any atom is 0.0458 e. The lowest BCUT2D eigenvalue weighted by Crippen LogP contribution is -2.23. The summed E-state index contributed by atoms with van der Waals surface area (Å²) in [5, 5.41) is 0. The van der Waals surface area contributed by atoms with Gasteiger partial charge in [0.1, 0.15) is 0 Å². The first-order valence-corrected chi connectivity index (χ1v) is 11.7. The Morgan fingerprint density at radius 3 is 1.18 bits per heavy atom. The van der Waals surface area contributed by atoms with E-state index in [1.165, 1.54) is 39.1 Å². The van der Waals surface area contributed by atoms with Crippen molar-refractivity contribution < 1.29 is 0 Å². The fraction of sp³-hybridized carbons (Fsp3) is 0.125. The number of allylic oxidation sites excluding steroid dienone is 1. The van der Waals surface area contributed by atoms with Crippen molar-refractivity contribution in [2.24, 2.45) is 0 Å². The van der Waals surface area contributed by atoms with Gasteiger partial charge in [0.15, 0.2) is 0 Å². The first kappa shape index (κ1) is 22.4. The molecule has 0 amide bonds. The van der Waals surface area contributed by atoms with E-state index in [-0.39, 0.29) is 0 Å². The van der Waals surface area contributed by atoms with Crippen LogP contribution in [0, 0.1) is 0 Å². The number of nitrogens with zero attached hydrogens (tertiary/aromatic N) is 1. The molecule has 4 aromatic rings. The average molecular weight is 430 g/mol. The monoisotopic (exact) mass is 429 g/mol. The molecule has 0 atom stereocenters. The minimum atomic E-state index is 0.933. The normalized spacial score (nSPS) is 10.4. The topological polar surface area (TPSA) is 3.24 Å². The number of benzene rings is 4. The lowest BCUT2D eigenvalue weighted by Gasteiger charge is -2.27. The fourth-order valence-corrected chi connectivity index (χ4v) is 4.26. The van der Waals surface area contributed by atoms with Crippen LogP contribution in [0.5, 0.6) is 0 Å². The Morgan fingerprint density at radius 2 is 0.848 bits per heavy atom. The third-order valence-electron chi connectivity index (χ3n) is 5.94. The molecule has 0 N–H and O–H groups in total. The first-order chi connectivity index (χ1) is 16.3. The standard InChI is InChI=1S/C32H31N/c1-3-33(4-2)31(32(28-21-13-7-14-22-28)29-23-15-8-16-24-29)25-30(26-17-9-5-10-18-26)27-19-11-6-12-20-27/h5-25H,3-4H2,1-2H3. The molecule has 1 heteroatoms. The zero-order valence-electron chi connectivity index (χ0n) is 19.5. The van der Waals surface area contributed by atoms with Gasteiger partial charge < -0.3 is 4.90 Å². The summed E-state index contributed by atoms with van der Waals surface area (Å²) in [7, 11) is 0. The second-order valence-corrected chi connectivity index (χ2v) is 7.95. The van der Waals surface area contributed by atoms with Gasteiger partial charge in [-0.3, -0.25) is 0 Å². The molecule has 0 aliphatic heterocycles. The molecule has 0 heterocycles. The molecule has 0 spiro atoms. The van der Waals surface area contributed by atoms with Gasteiger partial charge in [0.25, 0.3) is 0 Å². The largest absolute Gasteiger partial charge is 0.372 e. The minimum absolute atomic E-state index is 0.933. The summed E-state index contributed by atoms with van der Waals surface area (Å²) >= 11 is 0. The zero-order valence-corrected chi connectivity index (χ0v) is 19.5. The molecule has 0 fully saturated rings. The zero-order chi connectivity index (χ0) is 22.9. The van der Waals surface area contributed by atoms with E-state index < -0.39 is 0 Å². The highest BCUT2D eigenvalue weighted by Crippen LogP contribution is 2.33. The van der Waals surface area contributed by atoms with Crippen molar-refractivity contribution in [2.45, 2.75) is 13.8 Å². The molecular formula is C32H31N. The van der Waals surface area contributed by atoms with E-state index >= 15 is 0 Å². The third-order valence-corrected chi connectivity index (χ3v) is 5.94. The van der Waals surface area contributed by atoms with Gasteiger partial charge >= 0.3 is 0 Å². The molecule has 0 saturated heterocycles. The molecule has 4 aromatic carbocycles. The highest BCUT2D eigenvalue weighted by Gasteiger charge is 2.17. The Labute approximate surface area is 198 Å². The van der Waals surface area contributed by atoms with E-state index in [2.05, 4.69) is 146 Å². The van der Waals surface area contributed by atoms with Crippen LogP contribution in [-0.2, 0) is 0 Å². The predicted octanol–water partition coefficient (Wildman–Crippen LogP) is 7.92. The first-order valence-electron chi connectivity index (χ1n) is 11.7. The molecule has 0 unspecified atom stereocenters. The number of likely N-dealkylation sites (N-methyl/N-ethyl adjacent to an activating group) is 1. The van der Waals surface area contributed by atoms with Gasteiger partial charge in [0.2, 0.25) is 0 Å². The highest BCUT2D eigenvalue weighted by atomic mass is 15.1. The van der Waals surface area contributed by atoms with Crippen molar-refractivity contribution in [3.05, 3.63) is 155 Å². The Bertz CT molecular complexity index is 1100. The number of hydrogen-bond acceptors (Lipinski definition) is 1. The van der Waals surface area contributed by atoms with Crippen molar-refractivity contribution in [1.29, 1.82) is 0 Å². The van der Waals surface area contributed by atoms with Crippen LogP contribution >= 0.6 is 0 Å². The summed E-state index contributed by atoms with van der Waals surface area (Å²) in [6, 6.07) is 42.9. The summed E-state index contributed by atoms with van der Waals surface area (Å²) in [6.45, 7) is 6.33. The fourth-order valence-electron chi connectivity index (χ4n) is 4.26. The second-order valence-electron chi connectivity index (χ2n) is 7.95. The summed E-state index contributed by atoms with van der Waals surface area (Å²) in [6.07, 6.45) is 2.38. The minimum Gasteiger partial charge on any atom is -0.372 e. The van der Waals surface area contributed by atoms with Gasteiger partial charge in [-0.25, -0.2) is 0 Å². The van der Waals surface area contributed by atoms with Crippen LogP contribution in [0.15, 0.2) is 133 Å². The molecule has 33 heavy (non-hydrogen) atoms. The van der Waals surface area contributed by atoms with Gasteiger partial charge in [0, 0.05) is 24.4 Å². The molecule has 164 valence electrons. The summed E-state index contributed by atoms with van der Waals surface area (Å²) in [5.74, 6) is 0. The Hall–Kier alpha value is -3.84. The SMILES string of the molecule is CCN(CC)C(C=C(c1ccccc1)c1ccccc1)=C(c1ccccc1)c1ccccc1. The van der Waals surface area contributed by atoms with Crippen molar-refractivity contribution in [3.8, 4) is 0 Å². The highest BCUT2D eigenvalue weighted by molar-refractivity contribution is 5.88. The lowest BCUT2D eigenvalue weighted by molar-refractivity contribution is 0.396. The molecule has 0 bridgehead atoms. The predicted molar refractivity (Wildman–Crippen MR) is 142 cm³/mol. The summed E-state index contributed by atoms with van der Waals surface area (Å²) in [5.41, 5.74) is 8.60. The van der Waals surface area contributed by atoms with Crippen LogP contribution in [0.1, 0.15) is 36.1 Å². The average Bonchev–Trinajstić information content (AvgIpc) is 2.90. The van der Waals surface area contributed by atoms with E-state index in [4.69, 9.17) is 0 Å². The van der Waals surface area contributed by atoms with Crippen LogP contribution in [0.25, 0.3) is 11.1 Å². The van der Waals surface area contributed by atoms with E-state index in [1.807, 2.05) is 0 Å². The van der Waals surface area contributed by atoms with Crippen LogP contribution in [0.2, 0.25) is 0 Å². The smallest absolute Gasteiger partial charge is 0.0458 e. The van der Waals surface area contributed by atoms with E-state index in [0.29, 0.717) is 0 Å². The third kappa shape index (κ3) is 5.32. The molecule has 0 aromatic heterocycles. The second kappa shape index (κ2) is 11.2. The molecule has 1 nitrogen and oxygen atoms in total. The molecule has 0 aliphatic carbocycles.